The van der Waals surface area contributed by atoms with Crippen molar-refractivity contribution in [3.8, 4) is 0 Å². The van der Waals surface area contributed by atoms with E-state index in [2.05, 4.69) is 28.1 Å². The number of nitrogens with two attached hydrogens (primary N) is 1. The zero-order valence-electron chi connectivity index (χ0n) is 16.6. The van der Waals surface area contributed by atoms with Crippen LogP contribution >= 0.6 is 23.5 Å². The van der Waals surface area contributed by atoms with Crippen molar-refractivity contribution in [2.75, 3.05) is 12.3 Å². The second-order valence-electron chi connectivity index (χ2n) is 5.90. The predicted octanol–water partition coefficient (Wildman–Crippen LogP) is -1.36. The predicted molar refractivity (Wildman–Crippen MR) is 106 cm³/mol. The summed E-state index contributed by atoms with van der Waals surface area (Å²) in [4.78, 5) is 47.4. The smallest absolute Gasteiger partial charge is 0.390 e. The molecule has 3 rings (SSSR count). The van der Waals surface area contributed by atoms with Gasteiger partial charge in [-0.15, -0.1) is 0 Å². The summed E-state index contributed by atoms with van der Waals surface area (Å²) in [7, 11) is -16.5. The molecule has 7 N–H and O–H groups in total. The van der Waals surface area contributed by atoms with Crippen molar-refractivity contribution in [3.05, 3.63) is 12.7 Å². The average Bonchev–Trinajstić information content (AvgIpc) is 3.14. The van der Waals surface area contributed by atoms with Gasteiger partial charge in [0.1, 0.15) is 24.2 Å². The van der Waals surface area contributed by atoms with Crippen LogP contribution in [0.1, 0.15) is 12.6 Å². The maximum absolute atomic E-state index is 11.8. The standard InChI is InChI=1S/C10H16N5O12P3.2Na/c11-9-8-10(13-3-12-9)15(4-14-8)7-1-5(16)6(25-7)2-24-29(20,21)27-30(22,23)26-28(17,18)19;;/h3-7,16H,1-2H2,(H,20,21)(H,22,23)(H2,11,12,13)(H2,17,18,19);;/t5-,6+,7+;;/m0../s1. The van der Waals surface area contributed by atoms with Gasteiger partial charge in [0, 0.05) is 65.5 Å². The number of imidazole rings is 1. The summed E-state index contributed by atoms with van der Waals surface area (Å²) in [6.07, 6.45) is -0.643. The van der Waals surface area contributed by atoms with Gasteiger partial charge in [-0.05, 0) is 0 Å². The van der Waals surface area contributed by atoms with E-state index in [1.54, 1.807) is 0 Å². The molecule has 0 bridgehead atoms. The quantitative estimate of drug-likeness (QED) is 0.168. The van der Waals surface area contributed by atoms with Crippen LogP contribution in [0.4, 0.5) is 5.82 Å². The summed E-state index contributed by atoms with van der Waals surface area (Å²) in [6.45, 7) is -0.787. The van der Waals surface area contributed by atoms with Crippen LogP contribution in [0.3, 0.4) is 0 Å². The molecule has 0 aliphatic carbocycles. The SMILES string of the molecule is Nc1ncnc2c1ncn2[C@H]1C[C@H](O)[C@@H](COP(=O)(O)OP(=O)(O)OP(=O)(O)O)O1.[Na].[Na]. The summed E-state index contributed by atoms with van der Waals surface area (Å²) in [5.41, 5.74) is 6.31. The van der Waals surface area contributed by atoms with E-state index < -0.39 is 48.5 Å². The number of rotatable bonds is 8. The first-order chi connectivity index (χ1) is 13.8. The van der Waals surface area contributed by atoms with E-state index in [1.807, 2.05) is 0 Å². The van der Waals surface area contributed by atoms with Gasteiger partial charge < -0.3 is 35.2 Å². The van der Waals surface area contributed by atoms with E-state index in [9.17, 15) is 23.7 Å². The molecule has 1 saturated heterocycles. The van der Waals surface area contributed by atoms with Crippen LogP contribution in [0.5, 0.6) is 0 Å². The molecule has 170 valence electrons. The number of hydrogen-bond acceptors (Lipinski definition) is 12. The van der Waals surface area contributed by atoms with Crippen LogP contribution in [0.25, 0.3) is 11.2 Å². The molecule has 32 heavy (non-hydrogen) atoms. The number of nitrogen functional groups attached to an aromatic ring is 1. The Morgan fingerprint density at radius 1 is 1.09 bits per heavy atom. The fourth-order valence-corrected chi connectivity index (χ4v) is 5.62. The van der Waals surface area contributed by atoms with Crippen molar-refractivity contribution in [2.45, 2.75) is 24.9 Å². The van der Waals surface area contributed by atoms with Gasteiger partial charge in [0.15, 0.2) is 11.5 Å². The normalized spacial score (nSPS) is 24.8. The first kappa shape index (κ1) is 30.7. The van der Waals surface area contributed by atoms with Crippen LogP contribution in [-0.2, 0) is 31.6 Å². The molecular weight excluding hydrogens is 521 g/mol. The molecule has 1 aliphatic rings. The van der Waals surface area contributed by atoms with Gasteiger partial charge in [0.25, 0.3) is 0 Å². The minimum absolute atomic E-state index is 0. The minimum atomic E-state index is -5.64. The number of nitrogens with zero attached hydrogens (tertiary/aromatic N) is 4. The summed E-state index contributed by atoms with van der Waals surface area (Å²) in [6, 6.07) is 0. The number of aromatic nitrogens is 4. The van der Waals surface area contributed by atoms with E-state index in [0.29, 0.717) is 11.2 Å². The molecule has 22 heteroatoms. The van der Waals surface area contributed by atoms with Gasteiger partial charge in [-0.1, -0.05) is 0 Å². The van der Waals surface area contributed by atoms with E-state index in [0.717, 1.165) is 0 Å². The van der Waals surface area contributed by atoms with Gasteiger partial charge >= 0.3 is 23.5 Å². The molecule has 1 fully saturated rings. The first-order valence-electron chi connectivity index (χ1n) is 7.81. The molecule has 0 aromatic carbocycles. The molecule has 2 unspecified atom stereocenters. The van der Waals surface area contributed by atoms with Crippen molar-refractivity contribution < 1.29 is 56.3 Å². The van der Waals surface area contributed by atoms with Gasteiger partial charge in [0.2, 0.25) is 0 Å². The largest absolute Gasteiger partial charge is 0.490 e. The van der Waals surface area contributed by atoms with Crippen LogP contribution in [-0.4, -0.2) is 122 Å². The van der Waals surface area contributed by atoms with Crippen molar-refractivity contribution in [1.82, 2.24) is 19.5 Å². The Morgan fingerprint density at radius 2 is 1.75 bits per heavy atom. The zero-order chi connectivity index (χ0) is 22.3. The number of hydrogen-bond donors (Lipinski definition) is 6. The molecular formula is C10H16N5Na2O12P3. The molecule has 2 radical (unpaired) electrons. The molecule has 0 spiro atoms. The van der Waals surface area contributed by atoms with Crippen molar-refractivity contribution in [2.24, 2.45) is 0 Å². The fourth-order valence-electron chi connectivity index (χ4n) is 2.59. The van der Waals surface area contributed by atoms with Crippen LogP contribution in [0.2, 0.25) is 0 Å². The molecule has 0 saturated carbocycles. The topological polar surface area (TPSA) is 259 Å². The monoisotopic (exact) mass is 537 g/mol. The summed E-state index contributed by atoms with van der Waals surface area (Å²) >= 11 is 0. The van der Waals surface area contributed by atoms with E-state index in [-0.39, 0.29) is 71.4 Å². The summed E-state index contributed by atoms with van der Waals surface area (Å²) in [5, 5.41) is 10.1. The van der Waals surface area contributed by atoms with Crippen LogP contribution in [0.15, 0.2) is 12.7 Å². The number of aliphatic hydroxyl groups is 1. The number of phosphoric acid groups is 3. The Hall–Kier alpha value is 0.680. The van der Waals surface area contributed by atoms with Crippen molar-refractivity contribution in [3.63, 3.8) is 0 Å². The third-order valence-electron chi connectivity index (χ3n) is 3.72. The molecule has 1 aliphatic heterocycles. The third-order valence-corrected chi connectivity index (χ3v) is 7.52. The Labute approximate surface area is 223 Å². The Balaban J connectivity index is 0.00000256. The Morgan fingerprint density at radius 3 is 2.38 bits per heavy atom. The zero-order valence-corrected chi connectivity index (χ0v) is 23.3. The number of anilines is 1. The van der Waals surface area contributed by atoms with E-state index in [1.165, 1.54) is 17.2 Å². The Kier molecular flexibility index (Phi) is 11.1. The van der Waals surface area contributed by atoms with Crippen molar-refractivity contribution in [1.29, 1.82) is 0 Å². The van der Waals surface area contributed by atoms with Crippen LogP contribution < -0.4 is 5.73 Å². The molecule has 2 aromatic heterocycles. The molecule has 2 aromatic rings. The summed E-state index contributed by atoms with van der Waals surface area (Å²) < 4.78 is 52.3. The van der Waals surface area contributed by atoms with E-state index >= 15 is 0 Å². The van der Waals surface area contributed by atoms with Gasteiger partial charge in [-0.25, -0.2) is 28.6 Å². The molecule has 5 atom stereocenters. The molecule has 17 nitrogen and oxygen atoms in total. The fraction of sp³-hybridized carbons (Fsp3) is 0.500. The van der Waals surface area contributed by atoms with Crippen LogP contribution in [0, 0.1) is 0 Å². The van der Waals surface area contributed by atoms with E-state index in [4.69, 9.17) is 25.2 Å². The second-order valence-corrected chi connectivity index (χ2v) is 10.3. The second kappa shape index (κ2) is 11.6. The number of phosphoric ester groups is 1. The maximum Gasteiger partial charge on any atom is 0.490 e. The maximum atomic E-state index is 11.8. The average molecular weight is 537 g/mol. The molecule has 3 heterocycles. The number of ether oxygens (including phenoxy) is 1. The third kappa shape index (κ3) is 8.12. The van der Waals surface area contributed by atoms with Gasteiger partial charge in [0.05, 0.1) is 19.0 Å². The van der Waals surface area contributed by atoms with Gasteiger partial charge in [-0.3, -0.25) is 9.09 Å². The first-order valence-corrected chi connectivity index (χ1v) is 12.3. The molecule has 0 amide bonds. The number of aliphatic hydroxyl groups excluding tert-OH is 1. The summed E-state index contributed by atoms with van der Waals surface area (Å²) in [5.74, 6) is 0.126. The Bertz CT molecular complexity index is 1080. The number of fused-ring (bicyclic) bond motifs is 1. The van der Waals surface area contributed by atoms with Crippen molar-refractivity contribution >= 4 is 99.6 Å². The van der Waals surface area contributed by atoms with Gasteiger partial charge in [-0.2, -0.15) is 8.62 Å². The minimum Gasteiger partial charge on any atom is -0.390 e.